The van der Waals surface area contributed by atoms with E-state index in [4.69, 9.17) is 20.4 Å². The summed E-state index contributed by atoms with van der Waals surface area (Å²) in [5, 5.41) is 10.4. The molecule has 3 saturated heterocycles. The van der Waals surface area contributed by atoms with Gasteiger partial charge in [0.1, 0.15) is 23.8 Å². The maximum Gasteiger partial charge on any atom is 0.323 e. The van der Waals surface area contributed by atoms with Crippen molar-refractivity contribution in [3.05, 3.63) is 44.4 Å². The second-order valence-corrected chi connectivity index (χ2v) is 13.2. The van der Waals surface area contributed by atoms with E-state index < -0.39 is 6.17 Å². The van der Waals surface area contributed by atoms with Gasteiger partial charge in [-0.05, 0) is 44.7 Å². The van der Waals surface area contributed by atoms with Crippen molar-refractivity contribution >= 4 is 28.2 Å². The molecule has 3 N–H and O–H groups in total. The Morgan fingerprint density at radius 1 is 1.36 bits per heavy atom. The van der Waals surface area contributed by atoms with Crippen LogP contribution in [-0.2, 0) is 11.8 Å². The van der Waals surface area contributed by atoms with Gasteiger partial charge in [-0.15, -0.1) is 11.3 Å². The molecular formula is C28H33FN10O2S. The molecule has 1 aliphatic carbocycles. The monoisotopic (exact) mass is 592 g/mol. The third-order valence-electron chi connectivity index (χ3n) is 9.67. The maximum absolute atomic E-state index is 14.4. The molecule has 1 unspecified atom stereocenters. The molecule has 3 aliphatic heterocycles. The van der Waals surface area contributed by atoms with E-state index in [2.05, 4.69) is 30.8 Å². The van der Waals surface area contributed by atoms with Gasteiger partial charge in [0.05, 0.1) is 29.0 Å². The van der Waals surface area contributed by atoms with Crippen molar-refractivity contribution in [3.8, 4) is 12.1 Å². The molecule has 4 aliphatic rings. The summed E-state index contributed by atoms with van der Waals surface area (Å²) in [4.78, 5) is 40.6. The molecule has 3 atom stereocenters. The second kappa shape index (κ2) is 9.88. The number of aryl methyl sites for hydroxylation is 1. The fourth-order valence-corrected chi connectivity index (χ4v) is 8.49. The summed E-state index contributed by atoms with van der Waals surface area (Å²) in [7, 11) is 1.82. The average Bonchev–Trinajstić information content (AvgIpc) is 3.68. The molecule has 3 fully saturated rings. The minimum absolute atomic E-state index is 0.159. The standard InChI is InChI=1S/C28H33FN10O2S/c1-16(19-10-32-15-33-23(19)40)37(2)24-34-25(36-26(35-24)41-14-28-5-3-7-39(28)11-17(29)8-28)38-12-27(13-38)6-4-20-21(27)18(9-30)22(31)42-20/h10,15-17H,3-8,11-14,31H2,1-2H3,(H,32,33,40)/t16?,17-,28+/m1/s1. The molecule has 220 valence electrons. The van der Waals surface area contributed by atoms with Crippen molar-refractivity contribution in [1.82, 2.24) is 29.8 Å². The number of halogens is 1. The summed E-state index contributed by atoms with van der Waals surface area (Å²) >= 11 is 1.52. The van der Waals surface area contributed by atoms with Crippen LogP contribution < -0.4 is 25.8 Å². The molecule has 3 aromatic rings. The second-order valence-electron chi connectivity index (χ2n) is 12.1. The number of anilines is 3. The van der Waals surface area contributed by atoms with E-state index in [1.165, 1.54) is 28.7 Å². The first-order valence-corrected chi connectivity index (χ1v) is 15.1. The molecule has 12 nitrogen and oxygen atoms in total. The highest BCUT2D eigenvalue weighted by Gasteiger charge is 2.52. The summed E-state index contributed by atoms with van der Waals surface area (Å²) in [6, 6.07) is 2.10. The topological polar surface area (TPSA) is 153 Å². The van der Waals surface area contributed by atoms with E-state index in [0.29, 0.717) is 60.7 Å². The van der Waals surface area contributed by atoms with Gasteiger partial charge in [0.25, 0.3) is 5.56 Å². The van der Waals surface area contributed by atoms with Gasteiger partial charge in [0, 0.05) is 49.6 Å². The van der Waals surface area contributed by atoms with Crippen molar-refractivity contribution < 1.29 is 9.13 Å². The van der Waals surface area contributed by atoms with Gasteiger partial charge in [0.2, 0.25) is 11.9 Å². The van der Waals surface area contributed by atoms with E-state index in [1.54, 1.807) is 4.90 Å². The van der Waals surface area contributed by atoms with E-state index in [9.17, 15) is 14.4 Å². The van der Waals surface area contributed by atoms with Gasteiger partial charge in [0.15, 0.2) is 0 Å². The number of fused-ring (bicyclic) bond motifs is 3. The van der Waals surface area contributed by atoms with Crippen LogP contribution in [0.1, 0.15) is 60.2 Å². The van der Waals surface area contributed by atoms with E-state index in [0.717, 1.165) is 37.8 Å². The van der Waals surface area contributed by atoms with Gasteiger partial charge in [-0.2, -0.15) is 20.2 Å². The number of hydrogen-bond donors (Lipinski definition) is 2. The fourth-order valence-electron chi connectivity index (χ4n) is 7.35. The number of alkyl halides is 1. The Hall–Kier alpha value is -3.83. The molecule has 7 rings (SSSR count). The van der Waals surface area contributed by atoms with Crippen LogP contribution >= 0.6 is 11.3 Å². The minimum atomic E-state index is -0.860. The van der Waals surface area contributed by atoms with Crippen LogP contribution in [0.25, 0.3) is 0 Å². The molecule has 0 saturated carbocycles. The minimum Gasteiger partial charge on any atom is -0.461 e. The van der Waals surface area contributed by atoms with Crippen molar-refractivity contribution in [3.63, 3.8) is 0 Å². The highest BCUT2D eigenvalue weighted by molar-refractivity contribution is 7.16. The van der Waals surface area contributed by atoms with Crippen LogP contribution in [0.5, 0.6) is 6.01 Å². The fraction of sp³-hybridized carbons (Fsp3) is 0.571. The zero-order valence-corrected chi connectivity index (χ0v) is 24.5. The predicted molar refractivity (Wildman–Crippen MR) is 156 cm³/mol. The summed E-state index contributed by atoms with van der Waals surface area (Å²) in [6.07, 6.45) is 6.23. The first-order chi connectivity index (χ1) is 20.2. The number of H-pyrrole nitrogens is 1. The molecule has 0 bridgehead atoms. The lowest BCUT2D eigenvalue weighted by molar-refractivity contribution is 0.107. The number of thiophene rings is 1. The lowest BCUT2D eigenvalue weighted by atomic mass is 9.74. The van der Waals surface area contributed by atoms with Crippen molar-refractivity contribution in [1.29, 1.82) is 5.26 Å². The third kappa shape index (κ3) is 4.20. The van der Waals surface area contributed by atoms with Gasteiger partial charge < -0.3 is 25.3 Å². The number of nitrogens with zero attached hydrogens (tertiary/aromatic N) is 8. The highest BCUT2D eigenvalue weighted by Crippen LogP contribution is 2.52. The van der Waals surface area contributed by atoms with Crippen LogP contribution in [0, 0.1) is 11.3 Å². The Labute approximate surface area is 246 Å². The van der Waals surface area contributed by atoms with Crippen molar-refractivity contribution in [2.75, 3.05) is 55.4 Å². The normalized spacial score (nSPS) is 24.7. The quantitative estimate of drug-likeness (QED) is 0.416. The first-order valence-electron chi connectivity index (χ1n) is 14.3. The Bertz CT molecular complexity index is 1630. The predicted octanol–water partition coefficient (Wildman–Crippen LogP) is 2.33. The maximum atomic E-state index is 14.4. The smallest absolute Gasteiger partial charge is 0.323 e. The summed E-state index contributed by atoms with van der Waals surface area (Å²) in [5.41, 5.74) is 7.59. The molecule has 1 spiro atoms. The third-order valence-corrected chi connectivity index (χ3v) is 10.7. The SMILES string of the molecule is CC(c1cnc[nH]c1=O)N(C)c1nc(OC[C@@]23CCCN2C[C@H](F)C3)nc(N2CC3(CCc4sc(N)c(C#N)c43)C2)n1. The van der Waals surface area contributed by atoms with Gasteiger partial charge in [-0.3, -0.25) is 9.69 Å². The number of aromatic amines is 1. The summed E-state index contributed by atoms with van der Waals surface area (Å²) in [6.45, 7) is 4.78. The molecule has 0 aromatic carbocycles. The number of nitrogens with one attached hydrogen (secondary N) is 1. The molecule has 0 amide bonds. The van der Waals surface area contributed by atoms with Crippen LogP contribution in [-0.4, -0.2) is 81.4 Å². The number of hydrogen-bond acceptors (Lipinski definition) is 12. The Balaban J connectivity index is 1.19. The first kappa shape index (κ1) is 27.0. The Kier molecular flexibility index (Phi) is 6.36. The van der Waals surface area contributed by atoms with Crippen molar-refractivity contribution in [2.45, 2.75) is 62.2 Å². The van der Waals surface area contributed by atoms with E-state index in [-0.39, 0.29) is 28.6 Å². The average molecular weight is 593 g/mol. The zero-order chi connectivity index (χ0) is 29.2. The highest BCUT2D eigenvalue weighted by atomic mass is 32.1. The Morgan fingerprint density at radius 3 is 2.98 bits per heavy atom. The summed E-state index contributed by atoms with van der Waals surface area (Å²) in [5.74, 6) is 0.817. The lowest BCUT2D eigenvalue weighted by Gasteiger charge is -2.48. The van der Waals surface area contributed by atoms with Crippen LogP contribution in [0.15, 0.2) is 17.3 Å². The van der Waals surface area contributed by atoms with E-state index in [1.807, 2.05) is 14.0 Å². The summed E-state index contributed by atoms with van der Waals surface area (Å²) < 4.78 is 20.6. The van der Waals surface area contributed by atoms with Gasteiger partial charge in [-0.1, -0.05) is 0 Å². The number of nitrogens with two attached hydrogens (primary N) is 1. The number of nitriles is 1. The molecule has 14 heteroatoms. The molecule has 6 heterocycles. The number of nitrogen functional groups attached to an aromatic ring is 1. The Morgan fingerprint density at radius 2 is 2.19 bits per heavy atom. The number of aromatic nitrogens is 5. The molecule has 0 radical (unpaired) electrons. The zero-order valence-electron chi connectivity index (χ0n) is 23.6. The largest absolute Gasteiger partial charge is 0.461 e. The lowest BCUT2D eigenvalue weighted by Crippen LogP contribution is -2.59. The number of rotatable bonds is 7. The molecule has 3 aromatic heterocycles. The number of ether oxygens (including phenoxy) is 1. The van der Waals surface area contributed by atoms with Crippen LogP contribution in [0.4, 0.5) is 21.3 Å². The van der Waals surface area contributed by atoms with Gasteiger partial charge >= 0.3 is 6.01 Å². The van der Waals surface area contributed by atoms with Crippen LogP contribution in [0.3, 0.4) is 0 Å². The van der Waals surface area contributed by atoms with E-state index >= 15 is 0 Å². The van der Waals surface area contributed by atoms with Gasteiger partial charge in [-0.25, -0.2) is 9.37 Å². The molecular weight excluding hydrogens is 559 g/mol. The molecule has 42 heavy (non-hydrogen) atoms. The van der Waals surface area contributed by atoms with Crippen LogP contribution in [0.2, 0.25) is 0 Å². The van der Waals surface area contributed by atoms with Crippen molar-refractivity contribution in [2.24, 2.45) is 0 Å².